The summed E-state index contributed by atoms with van der Waals surface area (Å²) < 4.78 is 0. The lowest BCUT2D eigenvalue weighted by molar-refractivity contribution is -0.0861. The summed E-state index contributed by atoms with van der Waals surface area (Å²) >= 11 is 0. The third-order valence-electron chi connectivity index (χ3n) is 2.42. The zero-order valence-electron chi connectivity index (χ0n) is 6.84. The number of hydrogen-bond donors (Lipinski definition) is 1. The second-order valence-corrected chi connectivity index (χ2v) is 3.19. The van der Waals surface area contributed by atoms with Crippen LogP contribution in [-0.4, -0.2) is 29.2 Å². The van der Waals surface area contributed by atoms with E-state index in [1.165, 1.54) is 4.90 Å². The molecule has 0 unspecified atom stereocenters. The molecule has 63 valence electrons. The van der Waals surface area contributed by atoms with E-state index >= 15 is 0 Å². The SMILES string of the molecule is CN([C]=O)C1(O)CCCCC1. The maximum atomic E-state index is 10.3. The molecule has 0 atom stereocenters. The Kier molecular flexibility index (Phi) is 2.49. The molecule has 1 fully saturated rings. The number of carbonyl (C=O) groups excluding carboxylic acids is 1. The minimum absolute atomic E-state index is 0.693. The first kappa shape index (κ1) is 8.53. The fraction of sp³-hybridized carbons (Fsp3) is 0.875. The van der Waals surface area contributed by atoms with Crippen LogP contribution in [0.4, 0.5) is 0 Å². The van der Waals surface area contributed by atoms with Crippen LogP contribution >= 0.6 is 0 Å². The highest BCUT2D eigenvalue weighted by molar-refractivity contribution is 5.48. The minimum atomic E-state index is -0.903. The lowest BCUT2D eigenvalue weighted by Crippen LogP contribution is -2.46. The molecule has 0 aromatic heterocycles. The van der Waals surface area contributed by atoms with Gasteiger partial charge in [0.2, 0.25) is 0 Å². The van der Waals surface area contributed by atoms with Crippen LogP contribution in [0, 0.1) is 0 Å². The summed E-state index contributed by atoms with van der Waals surface area (Å²) in [6.45, 7) is 0. The van der Waals surface area contributed by atoms with Crippen molar-refractivity contribution in [2.75, 3.05) is 7.05 Å². The molecule has 0 aromatic rings. The lowest BCUT2D eigenvalue weighted by atomic mass is 9.91. The summed E-state index contributed by atoms with van der Waals surface area (Å²) in [5.74, 6) is 0. The molecule has 1 rings (SSSR count). The van der Waals surface area contributed by atoms with Gasteiger partial charge in [0.15, 0.2) is 0 Å². The summed E-state index contributed by atoms with van der Waals surface area (Å²) in [7, 11) is 1.58. The Balaban J connectivity index is 2.55. The second-order valence-electron chi connectivity index (χ2n) is 3.19. The van der Waals surface area contributed by atoms with Crippen molar-refractivity contribution >= 4 is 6.41 Å². The van der Waals surface area contributed by atoms with Gasteiger partial charge in [0.05, 0.1) is 0 Å². The molecule has 3 heteroatoms. The molecule has 0 heterocycles. The van der Waals surface area contributed by atoms with Crippen LogP contribution < -0.4 is 0 Å². The first-order chi connectivity index (χ1) is 5.19. The van der Waals surface area contributed by atoms with Gasteiger partial charge in [-0.2, -0.15) is 0 Å². The van der Waals surface area contributed by atoms with E-state index in [-0.39, 0.29) is 0 Å². The van der Waals surface area contributed by atoms with Crippen LogP contribution in [0.1, 0.15) is 32.1 Å². The van der Waals surface area contributed by atoms with Gasteiger partial charge in [0.1, 0.15) is 5.72 Å². The Hall–Kier alpha value is -0.570. The maximum Gasteiger partial charge on any atom is 0.314 e. The van der Waals surface area contributed by atoms with Crippen molar-refractivity contribution in [1.29, 1.82) is 0 Å². The van der Waals surface area contributed by atoms with Crippen LogP contribution in [0.3, 0.4) is 0 Å². The first-order valence-corrected chi connectivity index (χ1v) is 4.03. The number of hydrogen-bond acceptors (Lipinski definition) is 2. The van der Waals surface area contributed by atoms with Crippen LogP contribution in [0.25, 0.3) is 0 Å². The molecule has 1 amide bonds. The summed E-state index contributed by atoms with van der Waals surface area (Å²) in [5, 5.41) is 9.80. The third-order valence-corrected chi connectivity index (χ3v) is 2.42. The van der Waals surface area contributed by atoms with Gasteiger partial charge in [-0.15, -0.1) is 0 Å². The van der Waals surface area contributed by atoms with E-state index in [2.05, 4.69) is 0 Å². The average Bonchev–Trinajstić information content (AvgIpc) is 2.04. The number of aliphatic hydroxyl groups is 1. The fourth-order valence-corrected chi connectivity index (χ4v) is 1.54. The Morgan fingerprint density at radius 1 is 1.36 bits per heavy atom. The fourth-order valence-electron chi connectivity index (χ4n) is 1.54. The van der Waals surface area contributed by atoms with E-state index in [9.17, 15) is 9.90 Å². The van der Waals surface area contributed by atoms with Crippen molar-refractivity contribution in [3.8, 4) is 0 Å². The van der Waals surface area contributed by atoms with Gasteiger partial charge in [-0.1, -0.05) is 6.42 Å². The van der Waals surface area contributed by atoms with Gasteiger partial charge in [-0.05, 0) is 25.7 Å². The van der Waals surface area contributed by atoms with E-state index in [1.807, 2.05) is 0 Å². The molecule has 0 saturated heterocycles. The van der Waals surface area contributed by atoms with Gasteiger partial charge >= 0.3 is 6.41 Å². The first-order valence-electron chi connectivity index (χ1n) is 4.03. The average molecular weight is 156 g/mol. The molecule has 0 spiro atoms. The minimum Gasteiger partial charge on any atom is -0.371 e. The van der Waals surface area contributed by atoms with E-state index in [0.29, 0.717) is 12.8 Å². The second kappa shape index (κ2) is 3.22. The topological polar surface area (TPSA) is 40.5 Å². The zero-order chi connectivity index (χ0) is 8.32. The predicted molar refractivity (Wildman–Crippen MR) is 41.5 cm³/mol. The molecular weight excluding hydrogens is 142 g/mol. The summed E-state index contributed by atoms with van der Waals surface area (Å²) in [5.41, 5.74) is -0.903. The normalized spacial score (nSPS) is 22.7. The molecule has 1 N–H and O–H groups in total. The molecular formula is C8H14NO2. The largest absolute Gasteiger partial charge is 0.371 e. The van der Waals surface area contributed by atoms with Gasteiger partial charge < -0.3 is 10.0 Å². The van der Waals surface area contributed by atoms with Gasteiger partial charge in [-0.3, -0.25) is 4.79 Å². The molecule has 1 radical (unpaired) electrons. The standard InChI is InChI=1S/C8H14NO2/c1-9(7-10)8(11)5-3-2-4-6-8/h11H,2-6H2,1H3. The van der Waals surface area contributed by atoms with Crippen molar-refractivity contribution in [3.63, 3.8) is 0 Å². The number of rotatable bonds is 2. The van der Waals surface area contributed by atoms with Crippen molar-refractivity contribution in [2.45, 2.75) is 37.8 Å². The van der Waals surface area contributed by atoms with E-state index in [0.717, 1.165) is 19.3 Å². The van der Waals surface area contributed by atoms with Gasteiger partial charge in [-0.25, -0.2) is 0 Å². The highest BCUT2D eigenvalue weighted by Gasteiger charge is 2.32. The quantitative estimate of drug-likeness (QED) is 0.470. The molecule has 0 aliphatic heterocycles. The Labute approximate surface area is 67.0 Å². The van der Waals surface area contributed by atoms with E-state index in [1.54, 1.807) is 13.5 Å². The highest BCUT2D eigenvalue weighted by atomic mass is 16.3. The van der Waals surface area contributed by atoms with Crippen LogP contribution in [-0.2, 0) is 4.79 Å². The molecule has 1 saturated carbocycles. The highest BCUT2D eigenvalue weighted by Crippen LogP contribution is 2.29. The van der Waals surface area contributed by atoms with Crippen molar-refractivity contribution in [1.82, 2.24) is 4.90 Å². The van der Waals surface area contributed by atoms with Crippen molar-refractivity contribution in [3.05, 3.63) is 0 Å². The van der Waals surface area contributed by atoms with Crippen LogP contribution in [0.5, 0.6) is 0 Å². The monoisotopic (exact) mass is 156 g/mol. The maximum absolute atomic E-state index is 10.3. The van der Waals surface area contributed by atoms with Gasteiger partial charge in [0, 0.05) is 7.05 Å². The molecule has 1 aliphatic rings. The molecule has 1 aliphatic carbocycles. The Morgan fingerprint density at radius 2 is 1.91 bits per heavy atom. The molecule has 11 heavy (non-hydrogen) atoms. The summed E-state index contributed by atoms with van der Waals surface area (Å²) in [6, 6.07) is 0. The van der Waals surface area contributed by atoms with Gasteiger partial charge in [0.25, 0.3) is 0 Å². The van der Waals surface area contributed by atoms with Crippen LogP contribution in [0.2, 0.25) is 0 Å². The summed E-state index contributed by atoms with van der Waals surface area (Å²) in [4.78, 5) is 11.5. The number of amides is 1. The smallest absolute Gasteiger partial charge is 0.314 e. The van der Waals surface area contributed by atoms with Crippen molar-refractivity contribution < 1.29 is 9.90 Å². The van der Waals surface area contributed by atoms with Crippen molar-refractivity contribution in [2.24, 2.45) is 0 Å². The summed E-state index contributed by atoms with van der Waals surface area (Å²) in [6.07, 6.45) is 6.26. The molecule has 0 bridgehead atoms. The predicted octanol–water partition coefficient (Wildman–Crippen LogP) is 0.638. The Bertz CT molecular complexity index is 141. The zero-order valence-corrected chi connectivity index (χ0v) is 6.84. The van der Waals surface area contributed by atoms with E-state index in [4.69, 9.17) is 0 Å². The number of nitrogens with zero attached hydrogens (tertiary/aromatic N) is 1. The van der Waals surface area contributed by atoms with Crippen LogP contribution in [0.15, 0.2) is 0 Å². The third kappa shape index (κ3) is 1.71. The Morgan fingerprint density at radius 3 is 2.36 bits per heavy atom. The molecule has 3 nitrogen and oxygen atoms in total. The van der Waals surface area contributed by atoms with E-state index < -0.39 is 5.72 Å². The molecule has 0 aromatic carbocycles. The lowest BCUT2D eigenvalue weighted by Gasteiger charge is -2.37.